The third kappa shape index (κ3) is 3.47. The molecule has 32 heavy (non-hydrogen) atoms. The first-order chi connectivity index (χ1) is 15.0. The fourth-order valence-electron chi connectivity index (χ4n) is 3.28. The highest BCUT2D eigenvalue weighted by Crippen LogP contribution is 2.37. The summed E-state index contributed by atoms with van der Waals surface area (Å²) in [7, 11) is 1.14. The van der Waals surface area contributed by atoms with Crippen molar-refractivity contribution in [3.8, 4) is 0 Å². The first kappa shape index (κ1) is 21.7. The van der Waals surface area contributed by atoms with E-state index in [4.69, 9.17) is 16.1 Å². The Hall–Kier alpha value is -3.48. The molecule has 1 aliphatic rings. The Morgan fingerprint density at radius 1 is 1.34 bits per heavy atom. The van der Waals surface area contributed by atoms with Gasteiger partial charge in [0.15, 0.2) is 5.82 Å². The summed E-state index contributed by atoms with van der Waals surface area (Å²) in [5.41, 5.74) is -2.06. The number of hydrogen-bond acceptors (Lipinski definition) is 5. The fourth-order valence-corrected chi connectivity index (χ4v) is 3.44. The van der Waals surface area contributed by atoms with Gasteiger partial charge in [0.1, 0.15) is 22.7 Å². The minimum absolute atomic E-state index is 0.309. The molecule has 0 spiro atoms. The third-order valence-corrected chi connectivity index (χ3v) is 5.20. The van der Waals surface area contributed by atoms with E-state index in [-0.39, 0.29) is 6.54 Å². The lowest BCUT2D eigenvalue weighted by Crippen LogP contribution is -2.47. The SMILES string of the molecule is CN(C(=O)[C@@H]1CNC(=O)N1c1cc(C(F)(F)F)c2cnoc2n1)c1ccc(F)c(Cl)c1F. The monoisotopic (exact) mass is 475 g/mol. The van der Waals surface area contributed by atoms with Crippen molar-refractivity contribution < 1.29 is 36.1 Å². The van der Waals surface area contributed by atoms with E-state index in [1.54, 1.807) is 0 Å². The van der Waals surface area contributed by atoms with Crippen LogP contribution in [0.25, 0.3) is 11.1 Å². The first-order valence-electron chi connectivity index (χ1n) is 8.81. The topological polar surface area (TPSA) is 91.6 Å². The Balaban J connectivity index is 1.75. The molecule has 14 heteroatoms. The van der Waals surface area contributed by atoms with Crippen molar-refractivity contribution in [1.29, 1.82) is 0 Å². The van der Waals surface area contributed by atoms with Gasteiger partial charge in [-0.3, -0.25) is 9.69 Å². The second-order valence-corrected chi connectivity index (χ2v) is 7.11. The molecule has 2 aromatic heterocycles. The van der Waals surface area contributed by atoms with E-state index in [1.807, 2.05) is 0 Å². The zero-order valence-corrected chi connectivity index (χ0v) is 16.6. The highest BCUT2D eigenvalue weighted by atomic mass is 35.5. The number of benzene rings is 1. The normalized spacial score (nSPS) is 16.5. The summed E-state index contributed by atoms with van der Waals surface area (Å²) in [6, 6.07) is 0.0810. The predicted octanol–water partition coefficient (Wildman–Crippen LogP) is 3.73. The van der Waals surface area contributed by atoms with Crippen LogP contribution in [0.5, 0.6) is 0 Å². The van der Waals surface area contributed by atoms with E-state index in [1.165, 1.54) is 0 Å². The molecule has 4 rings (SSSR count). The number of aromatic nitrogens is 2. The maximum Gasteiger partial charge on any atom is 0.417 e. The van der Waals surface area contributed by atoms with Crippen molar-refractivity contribution in [3.63, 3.8) is 0 Å². The highest BCUT2D eigenvalue weighted by Gasteiger charge is 2.42. The summed E-state index contributed by atoms with van der Waals surface area (Å²) in [5.74, 6) is -3.68. The fraction of sp³-hybridized carbons (Fsp3) is 0.222. The number of rotatable bonds is 3. The minimum atomic E-state index is -4.83. The summed E-state index contributed by atoms with van der Waals surface area (Å²) in [4.78, 5) is 30.7. The third-order valence-electron chi connectivity index (χ3n) is 4.85. The number of alkyl halides is 3. The van der Waals surface area contributed by atoms with Gasteiger partial charge in [0.05, 0.1) is 22.8 Å². The molecule has 1 saturated heterocycles. The number of anilines is 2. The van der Waals surface area contributed by atoms with Crippen molar-refractivity contribution in [1.82, 2.24) is 15.5 Å². The Morgan fingerprint density at radius 2 is 2.06 bits per heavy atom. The average molecular weight is 476 g/mol. The maximum absolute atomic E-state index is 14.4. The molecule has 168 valence electrons. The van der Waals surface area contributed by atoms with E-state index in [2.05, 4.69) is 15.5 Å². The molecular formula is C18H11ClF5N5O3. The van der Waals surface area contributed by atoms with Crippen LogP contribution in [0, 0.1) is 11.6 Å². The van der Waals surface area contributed by atoms with Crippen LogP contribution in [-0.4, -0.2) is 41.7 Å². The molecule has 3 amide bonds. The molecular weight excluding hydrogens is 465 g/mol. The maximum atomic E-state index is 14.4. The number of fused-ring (bicyclic) bond motifs is 1. The number of hydrogen-bond donors (Lipinski definition) is 1. The quantitative estimate of drug-likeness (QED) is 0.460. The molecule has 1 fully saturated rings. The molecule has 3 aromatic rings. The summed E-state index contributed by atoms with van der Waals surface area (Å²) >= 11 is 5.55. The Kier molecular flexibility index (Phi) is 5.15. The van der Waals surface area contributed by atoms with E-state index >= 15 is 0 Å². The van der Waals surface area contributed by atoms with Gasteiger partial charge in [-0.1, -0.05) is 16.8 Å². The highest BCUT2D eigenvalue weighted by molar-refractivity contribution is 6.31. The second kappa shape index (κ2) is 7.58. The number of urea groups is 1. The lowest BCUT2D eigenvalue weighted by molar-refractivity contribution is -0.136. The van der Waals surface area contributed by atoms with Crippen LogP contribution in [0.3, 0.4) is 0 Å². The number of likely N-dealkylation sites (N-methyl/N-ethyl adjacent to an activating group) is 1. The summed E-state index contributed by atoms with van der Waals surface area (Å²) in [5, 5.41) is 4.36. The van der Waals surface area contributed by atoms with Crippen molar-refractivity contribution in [3.05, 3.63) is 46.6 Å². The molecule has 3 heterocycles. The van der Waals surface area contributed by atoms with E-state index in [0.717, 1.165) is 30.3 Å². The van der Waals surface area contributed by atoms with Crippen molar-refractivity contribution in [2.45, 2.75) is 12.2 Å². The molecule has 1 aromatic carbocycles. The van der Waals surface area contributed by atoms with Crippen LogP contribution < -0.4 is 15.1 Å². The zero-order chi connectivity index (χ0) is 23.4. The number of carbonyl (C=O) groups excluding carboxylic acids is 2. The standard InChI is InChI=1S/C18H11ClF5N5O3/c1-28(10-3-2-9(20)13(19)14(10)21)16(30)11-6-25-17(31)29(11)12-4-8(18(22,23)24)7-5-26-32-15(7)27-12/h2-5,11H,6H2,1H3,(H,25,31)/t11-/m0/s1. The second-order valence-electron chi connectivity index (χ2n) is 6.73. The lowest BCUT2D eigenvalue weighted by atomic mass is 10.1. The number of nitrogens with one attached hydrogen (secondary N) is 1. The molecule has 0 saturated carbocycles. The van der Waals surface area contributed by atoms with Crippen LogP contribution in [0.2, 0.25) is 5.02 Å². The van der Waals surface area contributed by atoms with Crippen LogP contribution in [0.1, 0.15) is 5.56 Å². The summed E-state index contributed by atoms with van der Waals surface area (Å²) in [6.07, 6.45) is -4.00. The van der Waals surface area contributed by atoms with Crippen molar-refractivity contribution >= 4 is 46.1 Å². The zero-order valence-electron chi connectivity index (χ0n) is 15.9. The van der Waals surface area contributed by atoms with E-state index in [0.29, 0.717) is 11.0 Å². The molecule has 8 nitrogen and oxygen atoms in total. The predicted molar refractivity (Wildman–Crippen MR) is 101 cm³/mol. The van der Waals surface area contributed by atoms with Crippen LogP contribution in [-0.2, 0) is 11.0 Å². The average Bonchev–Trinajstić information content (AvgIpc) is 3.35. The van der Waals surface area contributed by atoms with Crippen molar-refractivity contribution in [2.75, 3.05) is 23.4 Å². The molecule has 0 radical (unpaired) electrons. The first-order valence-corrected chi connectivity index (χ1v) is 9.19. The lowest BCUT2D eigenvalue weighted by Gasteiger charge is -2.27. The van der Waals surface area contributed by atoms with Crippen LogP contribution in [0.4, 0.5) is 38.3 Å². The molecule has 0 bridgehead atoms. The van der Waals surface area contributed by atoms with Gasteiger partial charge in [0.25, 0.3) is 11.6 Å². The largest absolute Gasteiger partial charge is 0.417 e. The Bertz CT molecular complexity index is 1250. The smallest absolute Gasteiger partial charge is 0.336 e. The molecule has 1 N–H and O–H groups in total. The number of halogens is 6. The Labute approximate surface area is 180 Å². The molecule has 0 aliphatic carbocycles. The van der Waals surface area contributed by atoms with Gasteiger partial charge in [-0.25, -0.2) is 13.6 Å². The molecule has 1 aliphatic heterocycles. The number of amides is 3. The van der Waals surface area contributed by atoms with Gasteiger partial charge in [0.2, 0.25) is 0 Å². The molecule has 0 unspecified atom stereocenters. The number of nitrogens with zero attached hydrogens (tertiary/aromatic N) is 4. The Morgan fingerprint density at radius 3 is 2.75 bits per heavy atom. The van der Waals surface area contributed by atoms with E-state index in [9.17, 15) is 31.5 Å². The van der Waals surface area contributed by atoms with Crippen LogP contribution in [0.15, 0.2) is 28.9 Å². The number of carbonyl (C=O) groups is 2. The van der Waals surface area contributed by atoms with Gasteiger partial charge in [-0.2, -0.15) is 18.2 Å². The van der Waals surface area contributed by atoms with Gasteiger partial charge in [0, 0.05) is 13.6 Å². The minimum Gasteiger partial charge on any atom is -0.336 e. The van der Waals surface area contributed by atoms with Gasteiger partial charge >= 0.3 is 12.2 Å². The molecule has 1 atom stereocenters. The van der Waals surface area contributed by atoms with Gasteiger partial charge in [-0.15, -0.1) is 0 Å². The van der Waals surface area contributed by atoms with Gasteiger partial charge < -0.3 is 14.7 Å². The van der Waals surface area contributed by atoms with Gasteiger partial charge in [-0.05, 0) is 18.2 Å². The summed E-state index contributed by atoms with van der Waals surface area (Å²) in [6.45, 7) is -0.309. The van der Waals surface area contributed by atoms with Crippen molar-refractivity contribution in [2.24, 2.45) is 0 Å². The number of pyridine rings is 1. The summed E-state index contributed by atoms with van der Waals surface area (Å²) < 4.78 is 73.0. The van der Waals surface area contributed by atoms with Crippen LogP contribution >= 0.6 is 11.6 Å². The van der Waals surface area contributed by atoms with E-state index < -0.39 is 69.0 Å².